The van der Waals surface area contributed by atoms with E-state index in [1.165, 1.54) is 6.20 Å². The van der Waals surface area contributed by atoms with Crippen molar-refractivity contribution in [3.05, 3.63) is 167 Å². The van der Waals surface area contributed by atoms with E-state index in [1.807, 2.05) is 92.1 Å². The van der Waals surface area contributed by atoms with E-state index in [9.17, 15) is 0 Å². The quantitative estimate of drug-likeness (QED) is 0.155. The van der Waals surface area contributed by atoms with E-state index in [4.69, 9.17) is 26.2 Å². The fourth-order valence-electron chi connectivity index (χ4n) is 8.26. The Kier molecular flexibility index (Phi) is 9.13. The van der Waals surface area contributed by atoms with Crippen molar-refractivity contribution in [3.63, 3.8) is 0 Å². The minimum atomic E-state index is -2.53. The van der Waals surface area contributed by atoms with Crippen molar-refractivity contribution in [1.29, 1.82) is 0 Å². The van der Waals surface area contributed by atoms with Gasteiger partial charge < -0.3 is 18.4 Å². The second kappa shape index (κ2) is 17.2. The van der Waals surface area contributed by atoms with Gasteiger partial charge in [-0.05, 0) is 106 Å². The number of aryl methyl sites for hydroxylation is 3. The van der Waals surface area contributed by atoms with Gasteiger partial charge in [0.1, 0.15) is 5.52 Å². The third-order valence-corrected chi connectivity index (χ3v) is 11.3. The van der Waals surface area contributed by atoms with Crippen LogP contribution in [0.2, 0.25) is 0 Å². The van der Waals surface area contributed by atoms with Crippen molar-refractivity contribution in [2.45, 2.75) is 86.3 Å². The molecule has 63 heavy (non-hydrogen) atoms. The van der Waals surface area contributed by atoms with E-state index >= 15 is 0 Å². The summed E-state index contributed by atoms with van der Waals surface area (Å²) in [7, 11) is 0. The molecule has 6 aromatic carbocycles. The Hall–Kier alpha value is -6.14. The number of para-hydroxylation sites is 1. The van der Waals surface area contributed by atoms with Crippen molar-refractivity contribution in [2.75, 3.05) is 0 Å². The summed E-state index contributed by atoms with van der Waals surface area (Å²) in [5, 5.41) is 1.46. The monoisotopic (exact) mass is 1010 g/mol. The summed E-state index contributed by atoms with van der Waals surface area (Å²) in [6, 6.07) is 43.0. The second-order valence-electron chi connectivity index (χ2n) is 17.3. The molecule has 0 atom stereocenters. The number of nitrogens with zero attached hydrogens (tertiary/aromatic N) is 4. The summed E-state index contributed by atoms with van der Waals surface area (Å²) < 4.78 is 86.6. The molecule has 0 aliphatic rings. The summed E-state index contributed by atoms with van der Waals surface area (Å²) in [5.41, 5.74) is 10.8. The molecule has 0 saturated carbocycles. The van der Waals surface area contributed by atoms with Crippen LogP contribution in [0, 0.1) is 32.7 Å². The molecule has 319 valence electrons. The first-order valence-corrected chi connectivity index (χ1v) is 20.8. The van der Waals surface area contributed by atoms with E-state index in [2.05, 4.69) is 74.1 Å². The smallest absolute Gasteiger partial charge is 0.196 e. The summed E-state index contributed by atoms with van der Waals surface area (Å²) in [6.45, 7) is 7.50. The fraction of sp³-hybridized carbons (Fsp3) is 0.232. The van der Waals surface area contributed by atoms with Gasteiger partial charge in [0.15, 0.2) is 17.1 Å². The zero-order valence-corrected chi connectivity index (χ0v) is 38.5. The van der Waals surface area contributed by atoms with Gasteiger partial charge in [0.2, 0.25) is 0 Å². The van der Waals surface area contributed by atoms with Crippen LogP contribution in [0.3, 0.4) is 0 Å². The molecule has 0 unspecified atom stereocenters. The van der Waals surface area contributed by atoms with Crippen LogP contribution in [0.15, 0.2) is 130 Å². The molecule has 4 aromatic heterocycles. The Bertz CT molecular complexity index is 3570. The number of aromatic nitrogens is 4. The third kappa shape index (κ3) is 8.05. The Morgan fingerprint density at radius 3 is 2.08 bits per heavy atom. The van der Waals surface area contributed by atoms with Crippen LogP contribution in [0.5, 0.6) is 0 Å². The Labute approximate surface area is 396 Å². The number of rotatable bonds is 6. The van der Waals surface area contributed by atoms with E-state index < -0.39 is 20.6 Å². The third-order valence-electron chi connectivity index (χ3n) is 11.3. The van der Waals surface area contributed by atoms with Crippen molar-refractivity contribution in [3.8, 4) is 39.5 Å². The number of oxazole rings is 1. The molecular formula is C56H52IrN4O2-2. The zero-order valence-electron chi connectivity index (χ0n) is 45.1. The molecule has 0 spiro atoms. The van der Waals surface area contributed by atoms with Gasteiger partial charge in [-0.25, -0.2) is 4.98 Å². The van der Waals surface area contributed by atoms with Crippen LogP contribution < -0.4 is 0 Å². The number of benzene rings is 6. The zero-order chi connectivity index (χ0) is 50.9. The molecule has 1 radical (unpaired) electrons. The van der Waals surface area contributed by atoms with E-state index in [0.29, 0.717) is 50.1 Å². The molecule has 0 bridgehead atoms. The van der Waals surface area contributed by atoms with Crippen molar-refractivity contribution < 1.29 is 41.3 Å². The predicted molar refractivity (Wildman–Crippen MR) is 255 cm³/mol. The second-order valence-corrected chi connectivity index (χ2v) is 17.3. The first kappa shape index (κ1) is 33.4. The van der Waals surface area contributed by atoms with Gasteiger partial charge in [-0.3, -0.25) is 4.98 Å². The van der Waals surface area contributed by atoms with Crippen LogP contribution in [0.4, 0.5) is 0 Å². The number of furan rings is 1. The summed E-state index contributed by atoms with van der Waals surface area (Å²) in [5.74, 6) is 0.228. The van der Waals surface area contributed by atoms with Crippen molar-refractivity contribution in [2.24, 2.45) is 0 Å². The number of imidazole rings is 1. The minimum Gasteiger partial charge on any atom is -0.497 e. The average molecular weight is 1010 g/mol. The molecule has 0 aliphatic heterocycles. The molecule has 10 rings (SSSR count). The Balaban J connectivity index is 0.000000278. The number of pyridine rings is 1. The normalized spacial score (nSPS) is 14.5. The summed E-state index contributed by atoms with van der Waals surface area (Å²) >= 11 is 0. The molecular weight excluding hydrogens is 953 g/mol. The largest absolute Gasteiger partial charge is 0.497 e. The number of hydrogen-bond acceptors (Lipinski definition) is 5. The Morgan fingerprint density at radius 1 is 0.651 bits per heavy atom. The topological polar surface area (TPSA) is 69.9 Å². The molecule has 4 heterocycles. The van der Waals surface area contributed by atoms with E-state index in [-0.39, 0.29) is 54.4 Å². The van der Waals surface area contributed by atoms with Gasteiger partial charge >= 0.3 is 0 Å². The maximum absolute atomic E-state index is 8.59. The molecule has 0 aliphatic carbocycles. The number of hydrogen-bond donors (Lipinski definition) is 0. The molecule has 7 heteroatoms. The van der Waals surface area contributed by atoms with Crippen LogP contribution in [-0.2, 0) is 25.5 Å². The van der Waals surface area contributed by atoms with Crippen LogP contribution in [0.1, 0.15) is 106 Å². The molecule has 10 aromatic rings. The van der Waals surface area contributed by atoms with Gasteiger partial charge in [0.05, 0.1) is 22.4 Å². The van der Waals surface area contributed by atoms with E-state index in [1.54, 1.807) is 24.3 Å². The molecule has 0 N–H and O–H groups in total. The molecule has 6 nitrogen and oxygen atoms in total. The molecule has 0 saturated heterocycles. The van der Waals surface area contributed by atoms with Gasteiger partial charge in [0.25, 0.3) is 0 Å². The van der Waals surface area contributed by atoms with Crippen molar-refractivity contribution in [1.82, 2.24) is 19.5 Å². The first-order chi connectivity index (χ1) is 33.4. The van der Waals surface area contributed by atoms with Crippen LogP contribution in [-0.4, -0.2) is 19.5 Å². The minimum absolute atomic E-state index is 0. The van der Waals surface area contributed by atoms with Gasteiger partial charge in [0, 0.05) is 56.6 Å². The van der Waals surface area contributed by atoms with Gasteiger partial charge in [-0.15, -0.1) is 54.1 Å². The SMILES string of the molecule is [2H]C([2H])([2H])c1cnc(-c2[c-]cccc2)cc1C(C)(C)C.[2H]C([2H])([2H])c1nc2ccc3c4cc[c-]c(-c5nc6cccc(C([2H])([2H])[2H])c6n5-c5c(C(C)C)cc(-c6ccccc6)cc5C(C)C)c4oc3c2o1.[Ir]. The molecule has 0 fully saturated rings. The summed E-state index contributed by atoms with van der Waals surface area (Å²) in [6.07, 6.45) is 1.48. The van der Waals surface area contributed by atoms with E-state index in [0.717, 1.165) is 50.1 Å². The standard InChI is InChI=1S/C40H34N3O2.C16H18N.Ir/c1-22(2)31-20-27(26-13-8-7-9-14-26)21-32(23(3)4)36(31)43-35-24(5)12-10-17-33(35)42-40(43)30-16-11-15-28-29-18-19-34-39(44-25(6)41-34)38(29)45-37(28)30;1-12-11-17-15(10-14(12)16(2,3)4)13-8-6-5-7-9-13;/h7-15,17-23H,1-6H3;5-8,10-11H,1-4H3;/q2*-1;/i5D3,6D3;1D3;. The van der Waals surface area contributed by atoms with Crippen LogP contribution in [0.25, 0.3) is 83.5 Å². The fourth-order valence-corrected chi connectivity index (χ4v) is 8.26. The van der Waals surface area contributed by atoms with Crippen molar-refractivity contribution >= 4 is 44.1 Å². The number of fused-ring (bicyclic) bond motifs is 6. The van der Waals surface area contributed by atoms with Gasteiger partial charge in [-0.1, -0.05) is 108 Å². The average Bonchev–Trinajstić information content (AvgIpc) is 4.05. The first-order valence-electron chi connectivity index (χ1n) is 25.3. The molecule has 0 amide bonds. The van der Waals surface area contributed by atoms with Crippen LogP contribution >= 0.6 is 0 Å². The Morgan fingerprint density at radius 2 is 1.40 bits per heavy atom. The predicted octanol–water partition coefficient (Wildman–Crippen LogP) is 15.2. The maximum Gasteiger partial charge on any atom is 0.196 e. The van der Waals surface area contributed by atoms with Gasteiger partial charge in [-0.2, -0.15) is 0 Å². The summed E-state index contributed by atoms with van der Waals surface area (Å²) in [4.78, 5) is 13.7. The maximum atomic E-state index is 8.59.